The van der Waals surface area contributed by atoms with Gasteiger partial charge in [0.2, 0.25) is 5.91 Å². The highest BCUT2D eigenvalue weighted by molar-refractivity contribution is 5.96. The Morgan fingerprint density at radius 2 is 1.74 bits per heavy atom. The molecule has 0 bridgehead atoms. The highest BCUT2D eigenvalue weighted by Gasteiger charge is 2.29. The highest BCUT2D eigenvalue weighted by Crippen LogP contribution is 2.28. The number of hydrogen-bond donors (Lipinski definition) is 3. The van der Waals surface area contributed by atoms with Crippen molar-refractivity contribution < 1.29 is 14.4 Å². The topological polar surface area (TPSA) is 87.3 Å². The van der Waals surface area contributed by atoms with Crippen LogP contribution in [0.15, 0.2) is 30.3 Å². The van der Waals surface area contributed by atoms with Gasteiger partial charge in [0.25, 0.3) is 11.8 Å². The second-order valence-electron chi connectivity index (χ2n) is 4.36. The largest absolute Gasteiger partial charge is 0.343 e. The SMILES string of the molecule is O=C(CNC(=O)c1ccccc1)NNC(=O)C1CC1. The first-order valence-corrected chi connectivity index (χ1v) is 6.09. The van der Waals surface area contributed by atoms with E-state index in [1.54, 1.807) is 30.3 Å². The van der Waals surface area contributed by atoms with E-state index < -0.39 is 5.91 Å². The first-order valence-electron chi connectivity index (χ1n) is 6.09. The van der Waals surface area contributed by atoms with Crippen molar-refractivity contribution in [3.05, 3.63) is 35.9 Å². The molecular weight excluding hydrogens is 246 g/mol. The quantitative estimate of drug-likeness (QED) is 0.665. The molecule has 3 N–H and O–H groups in total. The summed E-state index contributed by atoms with van der Waals surface area (Å²) in [7, 11) is 0. The molecule has 1 aliphatic carbocycles. The number of carbonyl (C=O) groups is 3. The number of hydrazine groups is 1. The third-order valence-corrected chi connectivity index (χ3v) is 2.72. The summed E-state index contributed by atoms with van der Waals surface area (Å²) in [5, 5.41) is 2.47. The van der Waals surface area contributed by atoms with Gasteiger partial charge in [0.1, 0.15) is 0 Å². The summed E-state index contributed by atoms with van der Waals surface area (Å²) in [5.41, 5.74) is 5.06. The van der Waals surface area contributed by atoms with Gasteiger partial charge in [0.15, 0.2) is 0 Å². The minimum absolute atomic E-state index is 0.0270. The Morgan fingerprint density at radius 1 is 1.05 bits per heavy atom. The first-order chi connectivity index (χ1) is 9.16. The molecule has 0 heterocycles. The van der Waals surface area contributed by atoms with E-state index in [1.165, 1.54) is 0 Å². The van der Waals surface area contributed by atoms with E-state index in [0.717, 1.165) is 12.8 Å². The molecule has 1 aromatic carbocycles. The van der Waals surface area contributed by atoms with Crippen LogP contribution in [0.1, 0.15) is 23.2 Å². The van der Waals surface area contributed by atoms with Crippen molar-refractivity contribution in [3.63, 3.8) is 0 Å². The number of benzene rings is 1. The second-order valence-corrected chi connectivity index (χ2v) is 4.36. The Bertz CT molecular complexity index is 483. The van der Waals surface area contributed by atoms with Gasteiger partial charge in [-0.25, -0.2) is 0 Å². The van der Waals surface area contributed by atoms with E-state index in [4.69, 9.17) is 0 Å². The number of carbonyl (C=O) groups excluding carboxylic acids is 3. The molecule has 1 fully saturated rings. The summed E-state index contributed by atoms with van der Waals surface area (Å²) in [6.45, 7) is -0.182. The summed E-state index contributed by atoms with van der Waals surface area (Å²) >= 11 is 0. The number of rotatable bonds is 4. The molecule has 19 heavy (non-hydrogen) atoms. The van der Waals surface area contributed by atoms with Gasteiger partial charge in [-0.15, -0.1) is 0 Å². The minimum Gasteiger partial charge on any atom is -0.343 e. The van der Waals surface area contributed by atoms with Crippen molar-refractivity contribution in [1.29, 1.82) is 0 Å². The van der Waals surface area contributed by atoms with Gasteiger partial charge in [-0.2, -0.15) is 0 Å². The lowest BCUT2D eigenvalue weighted by molar-refractivity contribution is -0.129. The zero-order chi connectivity index (χ0) is 13.7. The van der Waals surface area contributed by atoms with Crippen molar-refractivity contribution in [2.75, 3.05) is 6.54 Å². The third-order valence-electron chi connectivity index (χ3n) is 2.72. The molecule has 1 aliphatic rings. The summed E-state index contributed by atoms with van der Waals surface area (Å²) < 4.78 is 0. The van der Waals surface area contributed by atoms with Gasteiger partial charge < -0.3 is 5.32 Å². The average molecular weight is 261 g/mol. The van der Waals surface area contributed by atoms with Gasteiger partial charge >= 0.3 is 0 Å². The number of nitrogens with one attached hydrogen (secondary N) is 3. The molecule has 0 unspecified atom stereocenters. The van der Waals surface area contributed by atoms with E-state index in [1.807, 2.05) is 0 Å². The Kier molecular flexibility index (Phi) is 4.12. The van der Waals surface area contributed by atoms with Crippen molar-refractivity contribution >= 4 is 17.7 Å². The molecule has 0 aliphatic heterocycles. The summed E-state index contributed by atoms with van der Waals surface area (Å²) in [6.07, 6.45) is 1.74. The average Bonchev–Trinajstić information content (AvgIpc) is 3.27. The lowest BCUT2D eigenvalue weighted by atomic mass is 10.2. The summed E-state index contributed by atoms with van der Waals surface area (Å²) in [6, 6.07) is 8.59. The van der Waals surface area contributed by atoms with E-state index in [-0.39, 0.29) is 24.3 Å². The summed E-state index contributed by atoms with van der Waals surface area (Å²) in [5.74, 6) is -0.940. The molecule has 0 spiro atoms. The van der Waals surface area contributed by atoms with Crippen LogP contribution in [-0.2, 0) is 9.59 Å². The third kappa shape index (κ3) is 4.09. The van der Waals surface area contributed by atoms with Gasteiger partial charge in [0.05, 0.1) is 6.54 Å². The Morgan fingerprint density at radius 3 is 2.37 bits per heavy atom. The van der Waals surface area contributed by atoms with Gasteiger partial charge in [0, 0.05) is 11.5 Å². The molecule has 6 heteroatoms. The fourth-order valence-electron chi connectivity index (χ4n) is 1.48. The molecule has 0 aromatic heterocycles. The lowest BCUT2D eigenvalue weighted by Gasteiger charge is -2.07. The van der Waals surface area contributed by atoms with Crippen molar-refractivity contribution in [2.24, 2.45) is 5.92 Å². The first kappa shape index (κ1) is 13.1. The van der Waals surface area contributed by atoms with Crippen LogP contribution in [0.2, 0.25) is 0 Å². The maximum absolute atomic E-state index is 11.6. The minimum atomic E-state index is -0.460. The van der Waals surface area contributed by atoms with Crippen LogP contribution >= 0.6 is 0 Å². The lowest BCUT2D eigenvalue weighted by Crippen LogP contribution is -2.46. The predicted molar refractivity (Wildman–Crippen MR) is 67.8 cm³/mol. The highest BCUT2D eigenvalue weighted by atomic mass is 16.2. The normalized spacial score (nSPS) is 13.5. The Hall–Kier alpha value is -2.37. The van der Waals surface area contributed by atoms with Crippen LogP contribution in [0, 0.1) is 5.92 Å². The predicted octanol–water partition coefficient (Wildman–Crippen LogP) is -0.0262. The molecular formula is C13H15N3O3. The monoisotopic (exact) mass is 261 g/mol. The van der Waals surface area contributed by atoms with E-state index in [0.29, 0.717) is 5.56 Å². The second kappa shape index (κ2) is 5.99. The zero-order valence-electron chi connectivity index (χ0n) is 10.3. The molecule has 100 valence electrons. The van der Waals surface area contributed by atoms with Gasteiger partial charge in [-0.3, -0.25) is 25.2 Å². The number of hydrogen-bond acceptors (Lipinski definition) is 3. The standard InChI is InChI=1S/C13H15N3O3/c17-11(15-16-13(19)10-6-7-10)8-14-12(18)9-4-2-1-3-5-9/h1-5,10H,6-8H2,(H,14,18)(H,15,17)(H,16,19). The Labute approximate surface area is 110 Å². The fourth-order valence-corrected chi connectivity index (χ4v) is 1.48. The van der Waals surface area contributed by atoms with Crippen LogP contribution < -0.4 is 16.2 Å². The van der Waals surface area contributed by atoms with Crippen molar-refractivity contribution in [1.82, 2.24) is 16.2 Å². The molecule has 0 saturated heterocycles. The van der Waals surface area contributed by atoms with Crippen LogP contribution in [0.25, 0.3) is 0 Å². The van der Waals surface area contributed by atoms with Crippen LogP contribution in [0.5, 0.6) is 0 Å². The fraction of sp³-hybridized carbons (Fsp3) is 0.308. The van der Waals surface area contributed by atoms with Crippen molar-refractivity contribution in [2.45, 2.75) is 12.8 Å². The zero-order valence-corrected chi connectivity index (χ0v) is 10.3. The maximum Gasteiger partial charge on any atom is 0.257 e. The van der Waals surface area contributed by atoms with Crippen LogP contribution in [0.3, 0.4) is 0 Å². The van der Waals surface area contributed by atoms with Crippen LogP contribution in [-0.4, -0.2) is 24.3 Å². The van der Waals surface area contributed by atoms with E-state index >= 15 is 0 Å². The van der Waals surface area contributed by atoms with E-state index in [9.17, 15) is 14.4 Å². The molecule has 3 amide bonds. The molecule has 0 atom stereocenters. The molecule has 0 radical (unpaired) electrons. The molecule has 1 saturated carbocycles. The molecule has 2 rings (SSSR count). The van der Waals surface area contributed by atoms with Crippen LogP contribution in [0.4, 0.5) is 0 Å². The Balaban J connectivity index is 1.68. The summed E-state index contributed by atoms with van der Waals surface area (Å²) in [4.78, 5) is 34.3. The van der Waals surface area contributed by atoms with E-state index in [2.05, 4.69) is 16.2 Å². The smallest absolute Gasteiger partial charge is 0.257 e. The van der Waals surface area contributed by atoms with Crippen molar-refractivity contribution in [3.8, 4) is 0 Å². The number of amides is 3. The van der Waals surface area contributed by atoms with Gasteiger partial charge in [-0.05, 0) is 25.0 Å². The maximum atomic E-state index is 11.6. The molecule has 6 nitrogen and oxygen atoms in total. The van der Waals surface area contributed by atoms with Gasteiger partial charge in [-0.1, -0.05) is 18.2 Å². The molecule has 1 aromatic rings.